The zero-order valence-electron chi connectivity index (χ0n) is 12.9. The number of carbonyl (C=O) groups excluding carboxylic acids is 1. The molecular formula is C15H28N2O3. The van der Waals surface area contributed by atoms with E-state index >= 15 is 0 Å². The predicted octanol–water partition coefficient (Wildman–Crippen LogP) is 2.05. The maximum Gasteiger partial charge on any atom is 0.407 e. The monoisotopic (exact) mass is 284 g/mol. The van der Waals surface area contributed by atoms with E-state index in [0.29, 0.717) is 12.5 Å². The molecule has 3 N–H and O–H groups in total. The second-order valence-corrected chi connectivity index (χ2v) is 7.19. The van der Waals surface area contributed by atoms with E-state index in [0.717, 1.165) is 38.9 Å². The van der Waals surface area contributed by atoms with Gasteiger partial charge >= 0.3 is 6.09 Å². The standard InChI is InChI=1S/C15H28N2O3/c1-14(2,3)20-13(18)17-10-15(6-7-15)12(16)11-4-8-19-9-5-11/h11-12H,4-10,16H2,1-3H3,(H,17,18). The first-order valence-corrected chi connectivity index (χ1v) is 7.63. The summed E-state index contributed by atoms with van der Waals surface area (Å²) < 4.78 is 10.7. The number of hydrogen-bond donors (Lipinski definition) is 2. The van der Waals surface area contributed by atoms with Crippen molar-refractivity contribution in [1.29, 1.82) is 0 Å². The van der Waals surface area contributed by atoms with Crippen LogP contribution in [0.3, 0.4) is 0 Å². The fourth-order valence-electron chi connectivity index (χ4n) is 2.93. The van der Waals surface area contributed by atoms with Crippen LogP contribution in [0, 0.1) is 11.3 Å². The summed E-state index contributed by atoms with van der Waals surface area (Å²) in [5, 5.41) is 2.89. The predicted molar refractivity (Wildman–Crippen MR) is 77.4 cm³/mol. The van der Waals surface area contributed by atoms with Crippen LogP contribution in [0.5, 0.6) is 0 Å². The van der Waals surface area contributed by atoms with Crippen molar-refractivity contribution in [2.24, 2.45) is 17.1 Å². The summed E-state index contributed by atoms with van der Waals surface area (Å²) in [5.74, 6) is 0.520. The van der Waals surface area contributed by atoms with E-state index in [1.165, 1.54) is 0 Å². The summed E-state index contributed by atoms with van der Waals surface area (Å²) >= 11 is 0. The second-order valence-electron chi connectivity index (χ2n) is 7.19. The molecule has 0 bridgehead atoms. The number of hydrogen-bond acceptors (Lipinski definition) is 4. The Kier molecular flexibility index (Phi) is 4.59. The molecule has 1 aliphatic carbocycles. The first kappa shape index (κ1) is 15.6. The summed E-state index contributed by atoms with van der Waals surface area (Å²) in [6.07, 6.45) is 3.93. The molecule has 2 aliphatic rings. The molecule has 1 amide bonds. The molecule has 0 aromatic carbocycles. The number of amides is 1. The van der Waals surface area contributed by atoms with E-state index in [1.54, 1.807) is 0 Å². The highest BCUT2D eigenvalue weighted by atomic mass is 16.6. The Morgan fingerprint density at radius 1 is 1.40 bits per heavy atom. The van der Waals surface area contributed by atoms with Crippen LogP contribution in [-0.4, -0.2) is 37.5 Å². The average molecular weight is 284 g/mol. The van der Waals surface area contributed by atoms with E-state index in [-0.39, 0.29) is 17.6 Å². The Morgan fingerprint density at radius 3 is 2.50 bits per heavy atom. The highest BCUT2D eigenvalue weighted by molar-refractivity contribution is 5.67. The van der Waals surface area contributed by atoms with Crippen molar-refractivity contribution < 1.29 is 14.3 Å². The highest BCUT2D eigenvalue weighted by Crippen LogP contribution is 2.50. The first-order chi connectivity index (χ1) is 9.32. The maximum atomic E-state index is 11.7. The fourth-order valence-corrected chi connectivity index (χ4v) is 2.93. The molecule has 0 aromatic heterocycles. The van der Waals surface area contributed by atoms with Gasteiger partial charge < -0.3 is 20.5 Å². The third-order valence-corrected chi connectivity index (χ3v) is 4.36. The molecule has 1 saturated heterocycles. The smallest absolute Gasteiger partial charge is 0.407 e. The molecule has 20 heavy (non-hydrogen) atoms. The Labute approximate surface area is 121 Å². The molecule has 2 fully saturated rings. The average Bonchev–Trinajstić information content (AvgIpc) is 3.16. The lowest BCUT2D eigenvalue weighted by Crippen LogP contribution is -2.47. The van der Waals surface area contributed by atoms with E-state index in [9.17, 15) is 4.79 Å². The first-order valence-electron chi connectivity index (χ1n) is 7.63. The topological polar surface area (TPSA) is 73.6 Å². The van der Waals surface area contributed by atoms with Crippen molar-refractivity contribution >= 4 is 6.09 Å². The van der Waals surface area contributed by atoms with Gasteiger partial charge in [0.2, 0.25) is 0 Å². The minimum absolute atomic E-state index is 0.0823. The van der Waals surface area contributed by atoms with Gasteiger partial charge in [0.1, 0.15) is 5.60 Å². The number of ether oxygens (including phenoxy) is 2. The molecular weight excluding hydrogens is 256 g/mol. The summed E-state index contributed by atoms with van der Waals surface area (Å²) in [6.45, 7) is 7.86. The lowest BCUT2D eigenvalue weighted by molar-refractivity contribution is 0.0427. The maximum absolute atomic E-state index is 11.7. The minimum Gasteiger partial charge on any atom is -0.444 e. The van der Waals surface area contributed by atoms with E-state index in [2.05, 4.69) is 5.32 Å². The molecule has 5 heteroatoms. The van der Waals surface area contributed by atoms with Crippen LogP contribution in [-0.2, 0) is 9.47 Å². The molecule has 116 valence electrons. The highest BCUT2D eigenvalue weighted by Gasteiger charge is 2.50. The lowest BCUT2D eigenvalue weighted by Gasteiger charge is -2.33. The zero-order chi connectivity index (χ0) is 14.8. The molecule has 1 heterocycles. The normalized spacial score (nSPS) is 24.0. The molecule has 2 rings (SSSR count). The third-order valence-electron chi connectivity index (χ3n) is 4.36. The fraction of sp³-hybridized carbons (Fsp3) is 0.933. The summed E-state index contributed by atoms with van der Waals surface area (Å²) in [6, 6.07) is 0.154. The quantitative estimate of drug-likeness (QED) is 0.828. The van der Waals surface area contributed by atoms with Crippen molar-refractivity contribution in [3.8, 4) is 0 Å². The Balaban J connectivity index is 1.80. The molecule has 0 aromatic rings. The number of nitrogens with two attached hydrogens (primary N) is 1. The Morgan fingerprint density at radius 2 is 2.00 bits per heavy atom. The van der Waals surface area contributed by atoms with E-state index < -0.39 is 5.60 Å². The van der Waals surface area contributed by atoms with Crippen molar-refractivity contribution in [2.45, 2.75) is 58.1 Å². The van der Waals surface area contributed by atoms with Crippen LogP contribution in [0.1, 0.15) is 46.5 Å². The van der Waals surface area contributed by atoms with Crippen LogP contribution in [0.25, 0.3) is 0 Å². The van der Waals surface area contributed by atoms with Gasteiger partial charge in [-0.25, -0.2) is 4.79 Å². The second kappa shape index (κ2) is 5.90. The largest absolute Gasteiger partial charge is 0.444 e. The molecule has 1 saturated carbocycles. The van der Waals surface area contributed by atoms with Crippen LogP contribution >= 0.6 is 0 Å². The van der Waals surface area contributed by atoms with Crippen LogP contribution in [0.2, 0.25) is 0 Å². The van der Waals surface area contributed by atoms with E-state index in [4.69, 9.17) is 15.2 Å². The van der Waals surface area contributed by atoms with Gasteiger partial charge in [0.05, 0.1) is 0 Å². The molecule has 0 radical (unpaired) electrons. The Bertz CT molecular complexity index is 342. The van der Waals surface area contributed by atoms with Crippen molar-refractivity contribution in [3.63, 3.8) is 0 Å². The summed E-state index contributed by atoms with van der Waals surface area (Å²) in [5.41, 5.74) is 6.08. The van der Waals surface area contributed by atoms with Gasteiger partial charge in [0, 0.05) is 31.2 Å². The van der Waals surface area contributed by atoms with Crippen LogP contribution < -0.4 is 11.1 Å². The van der Waals surface area contributed by atoms with Crippen molar-refractivity contribution in [1.82, 2.24) is 5.32 Å². The number of alkyl carbamates (subject to hydrolysis) is 1. The van der Waals surface area contributed by atoms with Gasteiger partial charge in [0.15, 0.2) is 0 Å². The summed E-state index contributed by atoms with van der Waals surface area (Å²) in [4.78, 5) is 11.7. The van der Waals surface area contributed by atoms with Gasteiger partial charge in [-0.3, -0.25) is 0 Å². The van der Waals surface area contributed by atoms with Gasteiger partial charge in [-0.15, -0.1) is 0 Å². The minimum atomic E-state index is -0.455. The van der Waals surface area contributed by atoms with Crippen molar-refractivity contribution in [2.75, 3.05) is 19.8 Å². The molecule has 1 atom stereocenters. The van der Waals surface area contributed by atoms with Gasteiger partial charge in [-0.2, -0.15) is 0 Å². The molecule has 0 spiro atoms. The molecule has 1 aliphatic heterocycles. The number of nitrogens with one attached hydrogen (secondary N) is 1. The van der Waals surface area contributed by atoms with Gasteiger partial charge in [0.25, 0.3) is 0 Å². The number of rotatable bonds is 4. The van der Waals surface area contributed by atoms with Crippen LogP contribution in [0.4, 0.5) is 4.79 Å². The zero-order valence-corrected chi connectivity index (χ0v) is 12.9. The summed E-state index contributed by atoms with van der Waals surface area (Å²) in [7, 11) is 0. The Hall–Kier alpha value is -0.810. The molecule has 5 nitrogen and oxygen atoms in total. The third kappa shape index (κ3) is 4.09. The van der Waals surface area contributed by atoms with Crippen molar-refractivity contribution in [3.05, 3.63) is 0 Å². The van der Waals surface area contributed by atoms with Gasteiger partial charge in [-0.1, -0.05) is 0 Å². The van der Waals surface area contributed by atoms with Gasteiger partial charge in [-0.05, 0) is 52.4 Å². The van der Waals surface area contributed by atoms with E-state index in [1.807, 2.05) is 20.8 Å². The SMILES string of the molecule is CC(C)(C)OC(=O)NCC1(C(N)C2CCOCC2)CC1. The number of carbonyl (C=O) groups is 1. The van der Waals surface area contributed by atoms with Crippen LogP contribution in [0.15, 0.2) is 0 Å². The lowest BCUT2D eigenvalue weighted by atomic mass is 9.82. The molecule has 1 unspecified atom stereocenters.